The van der Waals surface area contributed by atoms with Crippen LogP contribution >= 0.6 is 0 Å². The maximum absolute atomic E-state index is 13.5. The zero-order valence-corrected chi connectivity index (χ0v) is 15.0. The quantitative estimate of drug-likeness (QED) is 0.346. The minimum Gasteiger partial charge on any atom is -0.421 e. The van der Waals surface area contributed by atoms with Gasteiger partial charge in [-0.1, -0.05) is 6.07 Å². The number of anilines is 1. The monoisotopic (exact) mass is 421 g/mol. The van der Waals surface area contributed by atoms with E-state index in [1.807, 2.05) is 0 Å². The molecular formula is C21H12F5NO3. The summed E-state index contributed by atoms with van der Waals surface area (Å²) in [5, 5.41) is 2.31. The number of halogens is 5. The summed E-state index contributed by atoms with van der Waals surface area (Å²) in [7, 11) is 0. The molecule has 3 aromatic carbocycles. The Morgan fingerprint density at radius 3 is 1.93 bits per heavy atom. The van der Waals surface area contributed by atoms with Crippen molar-refractivity contribution in [1.29, 1.82) is 0 Å². The summed E-state index contributed by atoms with van der Waals surface area (Å²) in [4.78, 5) is 24.8. The highest BCUT2D eigenvalue weighted by Crippen LogP contribution is 2.39. The molecule has 0 spiro atoms. The van der Waals surface area contributed by atoms with Gasteiger partial charge in [0.25, 0.3) is 5.91 Å². The average molecular weight is 421 g/mol. The number of carbonyl (C=O) groups excluding carboxylic acids is 2. The van der Waals surface area contributed by atoms with Crippen molar-refractivity contribution < 1.29 is 36.3 Å². The Morgan fingerprint density at radius 1 is 0.800 bits per heavy atom. The number of ether oxygens (including phenoxy) is 1. The number of benzene rings is 3. The number of para-hydroxylation sites is 1. The first-order chi connectivity index (χ1) is 14.1. The molecule has 154 valence electrons. The van der Waals surface area contributed by atoms with Crippen LogP contribution in [0.15, 0.2) is 66.7 Å². The maximum atomic E-state index is 13.5. The van der Waals surface area contributed by atoms with Gasteiger partial charge in [0, 0.05) is 5.69 Å². The van der Waals surface area contributed by atoms with Crippen LogP contribution in [0.3, 0.4) is 0 Å². The fourth-order valence-electron chi connectivity index (χ4n) is 2.52. The third kappa shape index (κ3) is 4.80. The molecule has 1 N–H and O–H groups in total. The maximum Gasteiger partial charge on any atom is 0.420 e. The van der Waals surface area contributed by atoms with Crippen LogP contribution in [0.5, 0.6) is 5.75 Å². The summed E-state index contributed by atoms with van der Waals surface area (Å²) in [6.45, 7) is 0. The smallest absolute Gasteiger partial charge is 0.420 e. The molecule has 3 rings (SSSR count). The summed E-state index contributed by atoms with van der Waals surface area (Å²) in [5.74, 6) is -4.43. The number of amides is 1. The van der Waals surface area contributed by atoms with Crippen LogP contribution in [0.25, 0.3) is 0 Å². The lowest BCUT2D eigenvalue weighted by Crippen LogP contribution is -2.20. The van der Waals surface area contributed by atoms with Crippen LogP contribution in [-0.2, 0) is 6.18 Å². The number of rotatable bonds is 4. The van der Waals surface area contributed by atoms with Crippen molar-refractivity contribution in [2.75, 3.05) is 5.32 Å². The molecule has 0 aliphatic rings. The zero-order chi connectivity index (χ0) is 21.9. The number of nitrogens with one attached hydrogen (secondary N) is 1. The van der Waals surface area contributed by atoms with E-state index in [0.29, 0.717) is 6.07 Å². The standard InChI is InChI=1S/C21H12F5NO3/c22-13-6-4-12(5-7-13)20(29)30-18-16(2-1-3-17(18)21(24,25)26)19(28)27-15-10-8-14(23)9-11-15/h1-11H,(H,27,28). The molecule has 0 saturated carbocycles. The first kappa shape index (κ1) is 21.0. The summed E-state index contributed by atoms with van der Waals surface area (Å²) in [6.07, 6.45) is -4.93. The van der Waals surface area contributed by atoms with Crippen molar-refractivity contribution in [3.05, 3.63) is 95.1 Å². The SMILES string of the molecule is O=C(Oc1c(C(=O)Nc2ccc(F)cc2)cccc1C(F)(F)F)c1ccc(F)cc1. The second kappa shape index (κ2) is 8.32. The van der Waals surface area contributed by atoms with Crippen LogP contribution in [0.4, 0.5) is 27.6 Å². The molecule has 1 amide bonds. The lowest BCUT2D eigenvalue weighted by molar-refractivity contribution is -0.138. The van der Waals surface area contributed by atoms with E-state index in [4.69, 9.17) is 4.74 Å². The number of hydrogen-bond acceptors (Lipinski definition) is 3. The van der Waals surface area contributed by atoms with Crippen molar-refractivity contribution in [3.8, 4) is 5.75 Å². The van der Waals surface area contributed by atoms with Gasteiger partial charge < -0.3 is 10.1 Å². The summed E-state index contributed by atoms with van der Waals surface area (Å²) in [5.41, 5.74) is -2.00. The van der Waals surface area contributed by atoms with E-state index in [0.717, 1.165) is 48.5 Å². The van der Waals surface area contributed by atoms with Crippen LogP contribution < -0.4 is 10.1 Å². The Balaban J connectivity index is 1.98. The Labute approximate surface area is 166 Å². The van der Waals surface area contributed by atoms with Crippen molar-refractivity contribution in [2.24, 2.45) is 0 Å². The Bertz CT molecular complexity index is 1080. The molecule has 0 saturated heterocycles. The van der Waals surface area contributed by atoms with Gasteiger partial charge in [-0.3, -0.25) is 4.79 Å². The van der Waals surface area contributed by atoms with E-state index in [9.17, 15) is 31.5 Å². The Kier molecular flexibility index (Phi) is 5.81. The van der Waals surface area contributed by atoms with Crippen molar-refractivity contribution in [3.63, 3.8) is 0 Å². The van der Waals surface area contributed by atoms with Crippen LogP contribution in [0.2, 0.25) is 0 Å². The number of carbonyl (C=O) groups is 2. The van der Waals surface area contributed by atoms with Gasteiger partial charge in [-0.05, 0) is 60.7 Å². The fourth-order valence-corrected chi connectivity index (χ4v) is 2.52. The minimum atomic E-state index is -4.93. The van der Waals surface area contributed by atoms with E-state index >= 15 is 0 Å². The molecule has 3 aromatic rings. The summed E-state index contributed by atoms with van der Waals surface area (Å²) < 4.78 is 71.3. The molecule has 0 bridgehead atoms. The molecule has 0 aromatic heterocycles. The van der Waals surface area contributed by atoms with Gasteiger partial charge in [-0.15, -0.1) is 0 Å². The first-order valence-electron chi connectivity index (χ1n) is 8.40. The molecule has 0 heterocycles. The van der Waals surface area contributed by atoms with Gasteiger partial charge in [0.2, 0.25) is 0 Å². The van der Waals surface area contributed by atoms with Gasteiger partial charge >= 0.3 is 12.1 Å². The Morgan fingerprint density at radius 2 is 1.37 bits per heavy atom. The fraction of sp³-hybridized carbons (Fsp3) is 0.0476. The minimum absolute atomic E-state index is 0.120. The number of alkyl halides is 3. The third-order valence-corrected chi connectivity index (χ3v) is 3.94. The van der Waals surface area contributed by atoms with E-state index in [2.05, 4.69) is 5.32 Å². The lowest BCUT2D eigenvalue weighted by atomic mass is 10.1. The largest absolute Gasteiger partial charge is 0.421 e. The van der Waals surface area contributed by atoms with E-state index in [1.165, 1.54) is 12.1 Å². The number of hydrogen-bond donors (Lipinski definition) is 1. The summed E-state index contributed by atoms with van der Waals surface area (Å²) in [6, 6.07) is 11.2. The molecule has 0 aliphatic carbocycles. The van der Waals surface area contributed by atoms with Gasteiger partial charge in [0.15, 0.2) is 5.75 Å². The highest BCUT2D eigenvalue weighted by molar-refractivity contribution is 6.07. The molecule has 0 aliphatic heterocycles. The van der Waals surface area contributed by atoms with Gasteiger partial charge in [-0.2, -0.15) is 13.2 Å². The van der Waals surface area contributed by atoms with Crippen molar-refractivity contribution >= 4 is 17.6 Å². The molecule has 30 heavy (non-hydrogen) atoms. The highest BCUT2D eigenvalue weighted by atomic mass is 19.4. The van der Waals surface area contributed by atoms with Gasteiger partial charge in [0.1, 0.15) is 11.6 Å². The number of esters is 1. The molecule has 9 heteroatoms. The molecule has 0 unspecified atom stereocenters. The molecule has 0 atom stereocenters. The van der Waals surface area contributed by atoms with Crippen LogP contribution in [0, 0.1) is 11.6 Å². The average Bonchev–Trinajstić information content (AvgIpc) is 2.69. The van der Waals surface area contributed by atoms with Crippen LogP contribution in [0.1, 0.15) is 26.3 Å². The first-order valence-corrected chi connectivity index (χ1v) is 8.40. The van der Waals surface area contributed by atoms with Gasteiger partial charge in [-0.25, -0.2) is 13.6 Å². The van der Waals surface area contributed by atoms with E-state index in [1.54, 1.807) is 0 Å². The normalized spacial score (nSPS) is 11.1. The second-order valence-electron chi connectivity index (χ2n) is 6.04. The lowest BCUT2D eigenvalue weighted by Gasteiger charge is -2.16. The van der Waals surface area contributed by atoms with Crippen molar-refractivity contribution in [2.45, 2.75) is 6.18 Å². The van der Waals surface area contributed by atoms with Gasteiger partial charge in [0.05, 0.1) is 16.7 Å². The summed E-state index contributed by atoms with van der Waals surface area (Å²) >= 11 is 0. The molecular weight excluding hydrogens is 409 g/mol. The van der Waals surface area contributed by atoms with Crippen molar-refractivity contribution in [1.82, 2.24) is 0 Å². The topological polar surface area (TPSA) is 55.4 Å². The van der Waals surface area contributed by atoms with Crippen LogP contribution in [-0.4, -0.2) is 11.9 Å². The third-order valence-electron chi connectivity index (χ3n) is 3.94. The Hall–Kier alpha value is -3.75. The van der Waals surface area contributed by atoms with E-state index < -0.39 is 46.6 Å². The predicted molar refractivity (Wildman–Crippen MR) is 97.2 cm³/mol. The highest BCUT2D eigenvalue weighted by Gasteiger charge is 2.37. The van der Waals surface area contributed by atoms with E-state index in [-0.39, 0.29) is 11.3 Å². The zero-order valence-electron chi connectivity index (χ0n) is 15.0. The molecule has 0 radical (unpaired) electrons. The second-order valence-corrected chi connectivity index (χ2v) is 6.04. The molecule has 0 fully saturated rings. The predicted octanol–water partition coefficient (Wildman–Crippen LogP) is 5.46. The molecule has 4 nitrogen and oxygen atoms in total.